The van der Waals surface area contributed by atoms with Crippen molar-refractivity contribution in [3.05, 3.63) is 34.3 Å². The van der Waals surface area contributed by atoms with Crippen molar-refractivity contribution in [1.29, 1.82) is 0 Å². The first-order valence-electron chi connectivity index (χ1n) is 7.85. The Balaban J connectivity index is 2.08. The van der Waals surface area contributed by atoms with Gasteiger partial charge in [0, 0.05) is 16.4 Å². The number of nitrogens with one attached hydrogen (secondary N) is 2. The number of carbonyl (C=O) groups excluding carboxylic acids is 2. The zero-order valence-electron chi connectivity index (χ0n) is 13.5. The monoisotopic (exact) mass is 382 g/mol. The van der Waals surface area contributed by atoms with Gasteiger partial charge < -0.3 is 15.4 Å². The molecule has 0 bridgehead atoms. The third-order valence-corrected chi connectivity index (χ3v) is 4.71. The van der Waals surface area contributed by atoms with Crippen LogP contribution in [0.4, 0.5) is 0 Å². The molecule has 23 heavy (non-hydrogen) atoms. The second-order valence-corrected chi connectivity index (χ2v) is 6.89. The summed E-state index contributed by atoms with van der Waals surface area (Å²) >= 11 is 3.39. The van der Waals surface area contributed by atoms with E-state index in [-0.39, 0.29) is 30.3 Å². The van der Waals surface area contributed by atoms with Crippen LogP contribution in [0.2, 0.25) is 0 Å². The fraction of sp³-hybridized carbons (Fsp3) is 0.529. The summed E-state index contributed by atoms with van der Waals surface area (Å²) in [6, 6.07) is 7.59. The molecule has 1 heterocycles. The zero-order valence-corrected chi connectivity index (χ0v) is 15.1. The van der Waals surface area contributed by atoms with Crippen molar-refractivity contribution in [3.63, 3.8) is 0 Å². The lowest BCUT2D eigenvalue weighted by Crippen LogP contribution is -2.43. The van der Waals surface area contributed by atoms with Gasteiger partial charge in [-0.15, -0.1) is 0 Å². The summed E-state index contributed by atoms with van der Waals surface area (Å²) in [6.07, 6.45) is 1.77. The predicted octanol–water partition coefficient (Wildman–Crippen LogP) is 2.56. The first-order chi connectivity index (χ1) is 11.0. The second-order valence-electron chi connectivity index (χ2n) is 5.97. The Morgan fingerprint density at radius 3 is 2.70 bits per heavy atom. The zero-order chi connectivity index (χ0) is 16.8. The van der Waals surface area contributed by atoms with Crippen molar-refractivity contribution < 1.29 is 14.3 Å². The molecule has 0 saturated carbocycles. The van der Waals surface area contributed by atoms with Gasteiger partial charge in [0.05, 0.1) is 19.6 Å². The molecule has 3 atom stereocenters. The quantitative estimate of drug-likeness (QED) is 0.767. The molecule has 1 aliphatic heterocycles. The van der Waals surface area contributed by atoms with Crippen LogP contribution in [0.3, 0.4) is 0 Å². The Hall–Kier alpha value is -1.40. The first kappa shape index (κ1) is 17.9. The number of benzene rings is 1. The molecule has 126 valence electrons. The van der Waals surface area contributed by atoms with E-state index in [4.69, 9.17) is 4.74 Å². The number of esters is 1. The number of methoxy groups -OCH3 is 1. The van der Waals surface area contributed by atoms with E-state index in [2.05, 4.69) is 33.5 Å². The highest BCUT2D eigenvalue weighted by molar-refractivity contribution is 9.10. The number of hydrogen-bond acceptors (Lipinski definition) is 4. The van der Waals surface area contributed by atoms with Crippen molar-refractivity contribution in [1.82, 2.24) is 10.6 Å². The van der Waals surface area contributed by atoms with Crippen molar-refractivity contribution in [2.24, 2.45) is 5.92 Å². The highest BCUT2D eigenvalue weighted by Gasteiger charge is 2.27. The van der Waals surface area contributed by atoms with Crippen molar-refractivity contribution in [2.45, 2.75) is 38.3 Å². The fourth-order valence-corrected chi connectivity index (χ4v) is 3.12. The molecule has 1 amide bonds. The largest absolute Gasteiger partial charge is 0.469 e. The lowest BCUT2D eigenvalue weighted by Gasteiger charge is -2.29. The Bertz CT molecular complexity index is 547. The average molecular weight is 383 g/mol. The van der Waals surface area contributed by atoms with Crippen molar-refractivity contribution in [2.75, 3.05) is 13.7 Å². The number of rotatable bonds is 5. The third kappa shape index (κ3) is 5.32. The average Bonchev–Trinajstić information content (AvgIpc) is 2.54. The van der Waals surface area contributed by atoms with Gasteiger partial charge in [-0.1, -0.05) is 28.1 Å². The molecule has 0 spiro atoms. The van der Waals surface area contributed by atoms with E-state index in [0.717, 1.165) is 29.4 Å². The lowest BCUT2D eigenvalue weighted by molar-refractivity contribution is -0.141. The fourth-order valence-electron chi connectivity index (χ4n) is 2.86. The van der Waals surface area contributed by atoms with Gasteiger partial charge in [-0.3, -0.25) is 9.59 Å². The maximum Gasteiger partial charge on any atom is 0.307 e. The van der Waals surface area contributed by atoms with Crippen LogP contribution in [0, 0.1) is 5.92 Å². The normalized spacial score (nSPS) is 22.2. The SMILES string of the molecule is COC(=O)CC(NC(=O)[C@H]1CCN[C@@H](C)C1)c1ccc(Br)cc1. The number of ether oxygens (including phenoxy) is 1. The van der Waals surface area contributed by atoms with Gasteiger partial charge >= 0.3 is 5.97 Å². The Labute approximate surface area is 145 Å². The minimum atomic E-state index is -0.367. The highest BCUT2D eigenvalue weighted by atomic mass is 79.9. The summed E-state index contributed by atoms with van der Waals surface area (Å²) in [4.78, 5) is 24.2. The lowest BCUT2D eigenvalue weighted by atomic mass is 9.91. The van der Waals surface area contributed by atoms with E-state index in [9.17, 15) is 9.59 Å². The summed E-state index contributed by atoms with van der Waals surface area (Å²) in [5, 5.41) is 6.37. The Kier molecular flexibility index (Phi) is 6.59. The van der Waals surface area contributed by atoms with Crippen LogP contribution in [0.25, 0.3) is 0 Å². The molecule has 1 aliphatic rings. The molecule has 1 aromatic carbocycles. The third-order valence-electron chi connectivity index (χ3n) is 4.18. The standard InChI is InChI=1S/C17H23BrN2O3/c1-11-9-13(7-8-19-11)17(22)20-15(10-16(21)23-2)12-3-5-14(18)6-4-12/h3-6,11,13,15,19H,7-10H2,1-2H3,(H,20,22)/t11-,13-,15?/m0/s1. The van der Waals surface area contributed by atoms with Crippen LogP contribution >= 0.6 is 15.9 Å². The van der Waals surface area contributed by atoms with Gasteiger partial charge in [0.15, 0.2) is 0 Å². The number of piperidine rings is 1. The molecule has 5 nitrogen and oxygen atoms in total. The molecule has 1 fully saturated rings. The summed E-state index contributed by atoms with van der Waals surface area (Å²) in [7, 11) is 1.36. The number of halogens is 1. The molecule has 2 rings (SSSR count). The van der Waals surface area contributed by atoms with E-state index in [1.807, 2.05) is 24.3 Å². The van der Waals surface area contributed by atoms with E-state index in [1.54, 1.807) is 0 Å². The van der Waals surface area contributed by atoms with Gasteiger partial charge in [0.2, 0.25) is 5.91 Å². The smallest absolute Gasteiger partial charge is 0.307 e. The van der Waals surface area contributed by atoms with Gasteiger partial charge in [0.25, 0.3) is 0 Å². The minimum absolute atomic E-state index is 0.00942. The van der Waals surface area contributed by atoms with Crippen LogP contribution in [0.15, 0.2) is 28.7 Å². The molecule has 6 heteroatoms. The highest BCUT2D eigenvalue weighted by Crippen LogP contribution is 2.23. The van der Waals surface area contributed by atoms with Crippen LogP contribution < -0.4 is 10.6 Å². The second kappa shape index (κ2) is 8.45. The molecule has 0 aliphatic carbocycles. The maximum atomic E-state index is 12.6. The minimum Gasteiger partial charge on any atom is -0.469 e. The van der Waals surface area contributed by atoms with Crippen LogP contribution in [0.1, 0.15) is 37.8 Å². The van der Waals surface area contributed by atoms with Gasteiger partial charge in [-0.25, -0.2) is 0 Å². The summed E-state index contributed by atoms with van der Waals surface area (Å²) in [6.45, 7) is 2.93. The van der Waals surface area contributed by atoms with Gasteiger partial charge in [0.1, 0.15) is 0 Å². The van der Waals surface area contributed by atoms with E-state index >= 15 is 0 Å². The topological polar surface area (TPSA) is 67.4 Å². The van der Waals surface area contributed by atoms with Gasteiger partial charge in [-0.2, -0.15) is 0 Å². The molecule has 1 aromatic rings. The molecule has 2 N–H and O–H groups in total. The maximum absolute atomic E-state index is 12.6. The van der Waals surface area contributed by atoms with Gasteiger partial charge in [-0.05, 0) is 44.0 Å². The predicted molar refractivity (Wildman–Crippen MR) is 91.8 cm³/mol. The summed E-state index contributed by atoms with van der Waals surface area (Å²) in [5.74, 6) is -0.339. The molecular weight excluding hydrogens is 360 g/mol. The summed E-state index contributed by atoms with van der Waals surface area (Å²) < 4.78 is 5.72. The number of amides is 1. The number of hydrogen-bond donors (Lipinski definition) is 2. The van der Waals surface area contributed by atoms with Crippen LogP contribution in [-0.4, -0.2) is 31.6 Å². The first-order valence-corrected chi connectivity index (χ1v) is 8.65. The molecular formula is C17H23BrN2O3. The van der Waals surface area contributed by atoms with E-state index < -0.39 is 0 Å². The molecule has 0 aromatic heterocycles. The summed E-state index contributed by atoms with van der Waals surface area (Å²) in [5.41, 5.74) is 0.897. The molecule has 1 saturated heterocycles. The Morgan fingerprint density at radius 1 is 1.39 bits per heavy atom. The molecule has 0 radical (unpaired) electrons. The Morgan fingerprint density at radius 2 is 2.09 bits per heavy atom. The number of carbonyl (C=O) groups is 2. The van der Waals surface area contributed by atoms with E-state index in [0.29, 0.717) is 6.04 Å². The molecule has 1 unspecified atom stereocenters. The van der Waals surface area contributed by atoms with E-state index in [1.165, 1.54) is 7.11 Å². The van der Waals surface area contributed by atoms with Crippen molar-refractivity contribution >= 4 is 27.8 Å². The van der Waals surface area contributed by atoms with Crippen LogP contribution in [-0.2, 0) is 14.3 Å². The van der Waals surface area contributed by atoms with Crippen LogP contribution in [0.5, 0.6) is 0 Å². The van der Waals surface area contributed by atoms with Crippen molar-refractivity contribution in [3.8, 4) is 0 Å².